The van der Waals surface area contributed by atoms with E-state index < -0.39 is 11.9 Å². The number of nitrogens with zero attached hydrogens (tertiary/aromatic N) is 1. The van der Waals surface area contributed by atoms with Crippen LogP contribution in [0.2, 0.25) is 0 Å². The fourth-order valence-corrected chi connectivity index (χ4v) is 1.90. The molecule has 16 heavy (non-hydrogen) atoms. The Hall–Kier alpha value is -1.36. The first-order chi connectivity index (χ1) is 7.59. The van der Waals surface area contributed by atoms with Crippen LogP contribution in [0.25, 0.3) is 0 Å². The van der Waals surface area contributed by atoms with Gasteiger partial charge in [-0.15, -0.1) is 0 Å². The molecule has 5 heteroatoms. The third kappa shape index (κ3) is 4.44. The lowest BCUT2D eigenvalue weighted by Gasteiger charge is -2.09. The van der Waals surface area contributed by atoms with Gasteiger partial charge in [0.25, 0.3) is 0 Å². The van der Waals surface area contributed by atoms with Crippen molar-refractivity contribution in [3.05, 3.63) is 30.1 Å². The van der Waals surface area contributed by atoms with E-state index in [1.54, 1.807) is 18.3 Å². The van der Waals surface area contributed by atoms with Gasteiger partial charge in [0.15, 0.2) is 5.12 Å². The molecular formula is C11H13NO3S. The van der Waals surface area contributed by atoms with E-state index in [0.717, 1.165) is 17.5 Å². The zero-order valence-electron chi connectivity index (χ0n) is 8.92. The van der Waals surface area contributed by atoms with Crippen LogP contribution in [0.4, 0.5) is 0 Å². The number of carbonyl (C=O) groups is 2. The first-order valence-corrected chi connectivity index (χ1v) is 5.84. The summed E-state index contributed by atoms with van der Waals surface area (Å²) < 4.78 is 0. The number of carbonyl (C=O) groups excluding carboxylic acids is 1. The highest BCUT2D eigenvalue weighted by Gasteiger charge is 2.19. The van der Waals surface area contributed by atoms with E-state index in [9.17, 15) is 9.59 Å². The molecule has 1 atom stereocenters. The first-order valence-electron chi connectivity index (χ1n) is 4.85. The minimum atomic E-state index is -0.889. The van der Waals surface area contributed by atoms with Gasteiger partial charge in [0, 0.05) is 31.0 Å². The summed E-state index contributed by atoms with van der Waals surface area (Å²) in [5, 5.41) is 8.93. The lowest BCUT2D eigenvalue weighted by molar-refractivity contribution is -0.140. The molecule has 0 aliphatic rings. The van der Waals surface area contributed by atoms with Gasteiger partial charge in [-0.05, 0) is 12.1 Å². The Balaban J connectivity index is 2.58. The van der Waals surface area contributed by atoms with Crippen molar-refractivity contribution in [1.82, 2.24) is 4.98 Å². The van der Waals surface area contributed by atoms with Crippen molar-refractivity contribution in [1.29, 1.82) is 0 Å². The van der Waals surface area contributed by atoms with Gasteiger partial charge in [-0.3, -0.25) is 14.6 Å². The molecule has 0 fully saturated rings. The molecule has 0 aliphatic heterocycles. The van der Waals surface area contributed by atoms with Crippen molar-refractivity contribution in [2.75, 3.05) is 5.75 Å². The van der Waals surface area contributed by atoms with Crippen LogP contribution in [-0.4, -0.2) is 26.9 Å². The van der Waals surface area contributed by atoms with E-state index in [4.69, 9.17) is 5.11 Å². The number of hydrogen-bond acceptors (Lipinski definition) is 4. The maximum Gasteiger partial charge on any atom is 0.307 e. The predicted octanol–water partition coefficient (Wildman–Crippen LogP) is 1.60. The van der Waals surface area contributed by atoms with E-state index in [1.165, 1.54) is 6.92 Å². The Labute approximate surface area is 98.1 Å². The van der Waals surface area contributed by atoms with Crippen LogP contribution in [0, 0.1) is 5.92 Å². The average molecular weight is 239 g/mol. The van der Waals surface area contributed by atoms with Gasteiger partial charge >= 0.3 is 5.97 Å². The van der Waals surface area contributed by atoms with E-state index in [2.05, 4.69) is 4.98 Å². The van der Waals surface area contributed by atoms with Crippen LogP contribution >= 0.6 is 11.8 Å². The van der Waals surface area contributed by atoms with Gasteiger partial charge in [0.05, 0.1) is 5.92 Å². The van der Waals surface area contributed by atoms with E-state index in [-0.39, 0.29) is 5.12 Å². The summed E-state index contributed by atoms with van der Waals surface area (Å²) in [5.41, 5.74) is 0.735. The highest BCUT2D eigenvalue weighted by molar-refractivity contribution is 8.13. The standard InChI is InChI=1S/C11H13NO3S/c1-8(13)16-7-9(11(14)15)6-10-4-2-3-5-12-10/h2-5,9H,6-7H2,1H3,(H,14,15). The molecule has 86 valence electrons. The van der Waals surface area contributed by atoms with Gasteiger partial charge < -0.3 is 5.11 Å². The quantitative estimate of drug-likeness (QED) is 0.845. The van der Waals surface area contributed by atoms with E-state index in [1.807, 2.05) is 6.07 Å². The number of carboxylic acid groups (broad SMARTS) is 1. The zero-order chi connectivity index (χ0) is 12.0. The van der Waals surface area contributed by atoms with Crippen LogP contribution < -0.4 is 0 Å². The summed E-state index contributed by atoms with van der Waals surface area (Å²) in [7, 11) is 0. The molecule has 4 nitrogen and oxygen atoms in total. The molecule has 1 heterocycles. The van der Waals surface area contributed by atoms with Crippen molar-refractivity contribution in [2.45, 2.75) is 13.3 Å². The molecule has 1 N–H and O–H groups in total. The molecule has 0 radical (unpaired) electrons. The van der Waals surface area contributed by atoms with Crippen LogP contribution in [0.3, 0.4) is 0 Å². The Morgan fingerprint density at radius 3 is 2.75 bits per heavy atom. The smallest absolute Gasteiger partial charge is 0.307 e. The number of aromatic nitrogens is 1. The van der Waals surface area contributed by atoms with E-state index >= 15 is 0 Å². The molecule has 0 bridgehead atoms. The third-order valence-corrected chi connectivity index (χ3v) is 2.99. The summed E-state index contributed by atoms with van der Waals surface area (Å²) in [6, 6.07) is 5.39. The maximum absolute atomic E-state index is 11.0. The van der Waals surface area contributed by atoms with Crippen molar-refractivity contribution < 1.29 is 14.7 Å². The minimum absolute atomic E-state index is 0.0627. The van der Waals surface area contributed by atoms with Gasteiger partial charge in [-0.25, -0.2) is 0 Å². The summed E-state index contributed by atoms with van der Waals surface area (Å²) in [4.78, 5) is 25.8. The van der Waals surface area contributed by atoms with E-state index in [0.29, 0.717) is 12.2 Å². The van der Waals surface area contributed by atoms with Crippen LogP contribution in [0.5, 0.6) is 0 Å². The fraction of sp³-hybridized carbons (Fsp3) is 0.364. The Morgan fingerprint density at radius 1 is 1.50 bits per heavy atom. The summed E-state index contributed by atoms with van der Waals surface area (Å²) >= 11 is 1.04. The van der Waals surface area contributed by atoms with Crippen molar-refractivity contribution in [2.24, 2.45) is 5.92 Å². The summed E-state index contributed by atoms with van der Waals surface area (Å²) in [5.74, 6) is -1.16. The molecule has 0 amide bonds. The molecule has 1 aromatic rings. The molecule has 0 aromatic carbocycles. The molecule has 0 saturated heterocycles. The number of aliphatic carboxylic acids is 1. The number of rotatable bonds is 5. The van der Waals surface area contributed by atoms with Crippen molar-refractivity contribution in [3.63, 3.8) is 0 Å². The fourth-order valence-electron chi connectivity index (χ4n) is 1.21. The molecule has 0 spiro atoms. The van der Waals surface area contributed by atoms with Gasteiger partial charge in [0.2, 0.25) is 0 Å². The van der Waals surface area contributed by atoms with Crippen molar-refractivity contribution in [3.8, 4) is 0 Å². The molecule has 1 aromatic heterocycles. The lowest BCUT2D eigenvalue weighted by Crippen LogP contribution is -2.20. The van der Waals surface area contributed by atoms with Crippen LogP contribution in [0.15, 0.2) is 24.4 Å². The second-order valence-corrected chi connectivity index (χ2v) is 4.56. The predicted molar refractivity (Wildman–Crippen MR) is 62.2 cm³/mol. The normalized spacial score (nSPS) is 12.1. The number of pyridine rings is 1. The summed E-state index contributed by atoms with van der Waals surface area (Å²) in [6.45, 7) is 1.43. The highest BCUT2D eigenvalue weighted by Crippen LogP contribution is 2.14. The maximum atomic E-state index is 11.0. The molecule has 1 rings (SSSR count). The average Bonchev–Trinajstić information content (AvgIpc) is 2.25. The first kappa shape index (κ1) is 12.7. The molecule has 1 unspecified atom stereocenters. The van der Waals surface area contributed by atoms with Gasteiger partial charge in [-0.2, -0.15) is 0 Å². The monoisotopic (exact) mass is 239 g/mol. The van der Waals surface area contributed by atoms with Gasteiger partial charge in [0.1, 0.15) is 0 Å². The zero-order valence-corrected chi connectivity index (χ0v) is 9.74. The lowest BCUT2D eigenvalue weighted by atomic mass is 10.1. The van der Waals surface area contributed by atoms with Crippen LogP contribution in [0.1, 0.15) is 12.6 Å². The summed E-state index contributed by atoms with van der Waals surface area (Å²) in [6.07, 6.45) is 1.99. The molecular weight excluding hydrogens is 226 g/mol. The minimum Gasteiger partial charge on any atom is -0.481 e. The second-order valence-electron chi connectivity index (χ2n) is 3.36. The largest absolute Gasteiger partial charge is 0.481 e. The number of carboxylic acids is 1. The number of hydrogen-bond donors (Lipinski definition) is 1. The molecule has 0 aliphatic carbocycles. The van der Waals surface area contributed by atoms with Crippen molar-refractivity contribution >= 4 is 22.8 Å². The highest BCUT2D eigenvalue weighted by atomic mass is 32.2. The topological polar surface area (TPSA) is 67.3 Å². The third-order valence-electron chi connectivity index (χ3n) is 2.02. The Morgan fingerprint density at radius 2 is 2.25 bits per heavy atom. The van der Waals surface area contributed by atoms with Crippen LogP contribution in [-0.2, 0) is 16.0 Å². The molecule has 0 saturated carbocycles. The number of thioether (sulfide) groups is 1. The SMILES string of the molecule is CC(=O)SCC(Cc1ccccn1)C(=O)O. The van der Waals surface area contributed by atoms with Gasteiger partial charge in [-0.1, -0.05) is 17.8 Å². The Kier molecular flexibility index (Phi) is 4.98. The second kappa shape index (κ2) is 6.27. The Bertz CT molecular complexity index is 367.